The molecule has 2 aromatic carbocycles. The maximum absolute atomic E-state index is 12.6. The fourth-order valence-electron chi connectivity index (χ4n) is 3.50. The lowest BCUT2D eigenvalue weighted by Gasteiger charge is -2.32. The molecule has 1 aliphatic rings. The van der Waals surface area contributed by atoms with E-state index in [9.17, 15) is 9.59 Å². The van der Waals surface area contributed by atoms with Crippen LogP contribution in [0.3, 0.4) is 0 Å². The number of piperidine rings is 1. The van der Waals surface area contributed by atoms with Gasteiger partial charge in [-0.05, 0) is 36.6 Å². The van der Waals surface area contributed by atoms with Gasteiger partial charge >= 0.3 is 0 Å². The molecule has 6 heteroatoms. The highest BCUT2D eigenvalue weighted by molar-refractivity contribution is 5.80. The first-order chi connectivity index (χ1) is 13.5. The Balaban J connectivity index is 1.45. The van der Waals surface area contributed by atoms with Crippen LogP contribution >= 0.6 is 0 Å². The first-order valence-electron chi connectivity index (χ1n) is 9.58. The van der Waals surface area contributed by atoms with Gasteiger partial charge in [-0.2, -0.15) is 0 Å². The van der Waals surface area contributed by atoms with E-state index in [0.29, 0.717) is 31.6 Å². The Morgan fingerprint density at radius 1 is 1.07 bits per heavy atom. The molecular formula is C22H27N3O3. The second-order valence-electron chi connectivity index (χ2n) is 7.13. The van der Waals surface area contributed by atoms with Crippen molar-refractivity contribution in [2.24, 2.45) is 0 Å². The molecule has 0 saturated carbocycles. The molecule has 2 amide bonds. The van der Waals surface area contributed by atoms with Crippen molar-refractivity contribution >= 4 is 17.5 Å². The molecule has 0 radical (unpaired) electrons. The van der Waals surface area contributed by atoms with Crippen molar-refractivity contribution in [1.29, 1.82) is 0 Å². The maximum Gasteiger partial charge on any atom is 0.227 e. The highest BCUT2D eigenvalue weighted by Gasteiger charge is 2.24. The van der Waals surface area contributed by atoms with Gasteiger partial charge in [0, 0.05) is 30.4 Å². The Labute approximate surface area is 165 Å². The SMILES string of the molecule is COc1ccccc1CC(=O)N1CCC(NC(=O)Cc2ccc(N)cc2)CC1. The van der Waals surface area contributed by atoms with Crippen LogP contribution in [0.15, 0.2) is 48.5 Å². The predicted molar refractivity (Wildman–Crippen MR) is 109 cm³/mol. The van der Waals surface area contributed by atoms with Crippen molar-refractivity contribution in [2.75, 3.05) is 25.9 Å². The molecule has 1 aliphatic heterocycles. The molecule has 148 valence electrons. The van der Waals surface area contributed by atoms with Crippen molar-refractivity contribution < 1.29 is 14.3 Å². The summed E-state index contributed by atoms with van der Waals surface area (Å²) in [6, 6.07) is 15.0. The Morgan fingerprint density at radius 2 is 1.75 bits per heavy atom. The van der Waals surface area contributed by atoms with Gasteiger partial charge in [0.1, 0.15) is 5.75 Å². The smallest absolute Gasteiger partial charge is 0.227 e. The number of anilines is 1. The van der Waals surface area contributed by atoms with Crippen LogP contribution in [0.2, 0.25) is 0 Å². The molecule has 0 bridgehead atoms. The Kier molecular flexibility index (Phi) is 6.53. The number of methoxy groups -OCH3 is 1. The summed E-state index contributed by atoms with van der Waals surface area (Å²) in [5.41, 5.74) is 8.20. The van der Waals surface area contributed by atoms with Crippen LogP contribution < -0.4 is 15.8 Å². The number of carbonyl (C=O) groups is 2. The average molecular weight is 381 g/mol. The lowest BCUT2D eigenvalue weighted by molar-refractivity contribution is -0.131. The second-order valence-corrected chi connectivity index (χ2v) is 7.13. The normalized spacial score (nSPS) is 14.5. The molecule has 0 atom stereocenters. The van der Waals surface area contributed by atoms with Crippen LogP contribution in [0.5, 0.6) is 5.75 Å². The number of benzene rings is 2. The number of nitrogens with one attached hydrogen (secondary N) is 1. The van der Waals surface area contributed by atoms with Gasteiger partial charge in [0.15, 0.2) is 0 Å². The molecule has 1 saturated heterocycles. The van der Waals surface area contributed by atoms with Crippen molar-refractivity contribution in [3.8, 4) is 5.75 Å². The quantitative estimate of drug-likeness (QED) is 0.751. The fourth-order valence-corrected chi connectivity index (χ4v) is 3.50. The molecule has 0 unspecified atom stereocenters. The van der Waals surface area contributed by atoms with E-state index in [4.69, 9.17) is 10.5 Å². The first-order valence-corrected chi connectivity index (χ1v) is 9.58. The van der Waals surface area contributed by atoms with E-state index in [2.05, 4.69) is 5.32 Å². The topological polar surface area (TPSA) is 84.7 Å². The largest absolute Gasteiger partial charge is 0.496 e. The third-order valence-electron chi connectivity index (χ3n) is 5.09. The standard InChI is InChI=1S/C22H27N3O3/c1-28-20-5-3-2-4-17(20)15-22(27)25-12-10-19(11-13-25)24-21(26)14-16-6-8-18(23)9-7-16/h2-9,19H,10-15,23H2,1H3,(H,24,26). The number of likely N-dealkylation sites (tertiary alicyclic amines) is 1. The Bertz CT molecular complexity index is 812. The number of ether oxygens (including phenoxy) is 1. The van der Waals surface area contributed by atoms with E-state index in [0.717, 1.165) is 29.7 Å². The van der Waals surface area contributed by atoms with Crippen LogP contribution in [0.4, 0.5) is 5.69 Å². The molecule has 1 fully saturated rings. The summed E-state index contributed by atoms with van der Waals surface area (Å²) in [4.78, 5) is 26.7. The molecule has 0 aliphatic carbocycles. The monoisotopic (exact) mass is 381 g/mol. The second kappa shape index (κ2) is 9.26. The number of hydrogen-bond donors (Lipinski definition) is 2. The number of hydrogen-bond acceptors (Lipinski definition) is 4. The molecular weight excluding hydrogens is 354 g/mol. The van der Waals surface area contributed by atoms with Crippen molar-refractivity contribution in [2.45, 2.75) is 31.7 Å². The minimum absolute atomic E-state index is 0.00331. The van der Waals surface area contributed by atoms with E-state index in [1.807, 2.05) is 41.3 Å². The fraction of sp³-hybridized carbons (Fsp3) is 0.364. The highest BCUT2D eigenvalue weighted by atomic mass is 16.5. The third-order valence-corrected chi connectivity index (χ3v) is 5.09. The van der Waals surface area contributed by atoms with Gasteiger partial charge in [-0.1, -0.05) is 30.3 Å². The van der Waals surface area contributed by atoms with Crippen LogP contribution in [0.25, 0.3) is 0 Å². The number of carbonyl (C=O) groups excluding carboxylic acids is 2. The third kappa shape index (κ3) is 5.25. The van der Waals surface area contributed by atoms with Gasteiger partial charge in [0.25, 0.3) is 0 Å². The van der Waals surface area contributed by atoms with Crippen LogP contribution in [-0.2, 0) is 22.4 Å². The van der Waals surface area contributed by atoms with Gasteiger partial charge in [-0.3, -0.25) is 9.59 Å². The number of para-hydroxylation sites is 1. The number of nitrogen functional groups attached to an aromatic ring is 1. The number of nitrogens with zero attached hydrogens (tertiary/aromatic N) is 1. The molecule has 3 N–H and O–H groups in total. The minimum Gasteiger partial charge on any atom is -0.496 e. The Hall–Kier alpha value is -3.02. The Morgan fingerprint density at radius 3 is 2.43 bits per heavy atom. The van der Waals surface area contributed by atoms with Crippen LogP contribution in [-0.4, -0.2) is 43.0 Å². The first kappa shape index (κ1) is 19.7. The summed E-state index contributed by atoms with van der Waals surface area (Å²) in [5.74, 6) is 0.834. The summed E-state index contributed by atoms with van der Waals surface area (Å²) in [7, 11) is 1.61. The highest BCUT2D eigenvalue weighted by Crippen LogP contribution is 2.20. The molecule has 3 rings (SSSR count). The van der Waals surface area contributed by atoms with Crippen molar-refractivity contribution in [3.05, 3.63) is 59.7 Å². The summed E-state index contributed by atoms with van der Waals surface area (Å²) in [6.45, 7) is 1.31. The molecule has 28 heavy (non-hydrogen) atoms. The molecule has 0 spiro atoms. The van der Waals surface area contributed by atoms with Crippen LogP contribution in [0.1, 0.15) is 24.0 Å². The summed E-state index contributed by atoms with van der Waals surface area (Å²) < 4.78 is 5.32. The maximum atomic E-state index is 12.6. The lowest BCUT2D eigenvalue weighted by Crippen LogP contribution is -2.47. The zero-order chi connectivity index (χ0) is 19.9. The number of nitrogens with two attached hydrogens (primary N) is 1. The summed E-state index contributed by atoms with van der Waals surface area (Å²) in [6.07, 6.45) is 2.21. The van der Waals surface area contributed by atoms with Gasteiger partial charge < -0.3 is 20.7 Å². The molecule has 0 aromatic heterocycles. The summed E-state index contributed by atoms with van der Waals surface area (Å²) >= 11 is 0. The van der Waals surface area contributed by atoms with E-state index in [1.165, 1.54) is 0 Å². The lowest BCUT2D eigenvalue weighted by atomic mass is 10.0. The number of rotatable bonds is 6. The van der Waals surface area contributed by atoms with Gasteiger partial charge in [-0.25, -0.2) is 0 Å². The van der Waals surface area contributed by atoms with E-state index >= 15 is 0 Å². The zero-order valence-corrected chi connectivity index (χ0v) is 16.2. The summed E-state index contributed by atoms with van der Waals surface area (Å²) in [5, 5.41) is 3.08. The minimum atomic E-state index is 0.00331. The predicted octanol–water partition coefficient (Wildman–Crippen LogP) is 2.17. The van der Waals surface area contributed by atoms with Crippen LogP contribution in [0, 0.1) is 0 Å². The van der Waals surface area contributed by atoms with Gasteiger partial charge in [0.2, 0.25) is 11.8 Å². The van der Waals surface area contributed by atoms with Crippen molar-refractivity contribution in [3.63, 3.8) is 0 Å². The molecule has 1 heterocycles. The van der Waals surface area contributed by atoms with Crippen molar-refractivity contribution in [1.82, 2.24) is 10.2 Å². The van der Waals surface area contributed by atoms with E-state index in [1.54, 1.807) is 19.2 Å². The molecule has 2 aromatic rings. The van der Waals surface area contributed by atoms with E-state index < -0.39 is 0 Å². The average Bonchev–Trinajstić information content (AvgIpc) is 2.70. The van der Waals surface area contributed by atoms with Gasteiger partial charge in [0.05, 0.1) is 20.0 Å². The van der Waals surface area contributed by atoms with E-state index in [-0.39, 0.29) is 17.9 Å². The van der Waals surface area contributed by atoms with Gasteiger partial charge in [-0.15, -0.1) is 0 Å². The number of amides is 2. The zero-order valence-electron chi connectivity index (χ0n) is 16.2. The molecule has 6 nitrogen and oxygen atoms in total.